The summed E-state index contributed by atoms with van der Waals surface area (Å²) in [6, 6.07) is 16.8. The van der Waals surface area contributed by atoms with E-state index < -0.39 is 0 Å². The molecule has 7 nitrogen and oxygen atoms in total. The summed E-state index contributed by atoms with van der Waals surface area (Å²) in [5.74, 6) is 0.854. The third kappa shape index (κ3) is 5.83. The molecule has 0 bridgehead atoms. The number of hydrogen-bond acceptors (Lipinski definition) is 6. The predicted octanol–water partition coefficient (Wildman–Crippen LogP) is 6.48. The molecule has 0 spiro atoms. The van der Waals surface area contributed by atoms with E-state index in [1.165, 1.54) is 10.6 Å². The lowest BCUT2D eigenvalue weighted by Gasteiger charge is -2.29. The Kier molecular flexibility index (Phi) is 8.38. The van der Waals surface area contributed by atoms with E-state index in [-0.39, 0.29) is 24.3 Å². The first kappa shape index (κ1) is 28.1. The molecule has 0 unspecified atom stereocenters. The van der Waals surface area contributed by atoms with Gasteiger partial charge < -0.3 is 18.9 Å². The third-order valence-electron chi connectivity index (χ3n) is 7.48. The van der Waals surface area contributed by atoms with Crippen LogP contribution in [0.1, 0.15) is 47.8 Å². The van der Waals surface area contributed by atoms with Crippen LogP contribution in [0.15, 0.2) is 53.4 Å². The molecule has 210 valence electrons. The molecule has 5 rings (SSSR count). The van der Waals surface area contributed by atoms with Gasteiger partial charge >= 0.3 is 0 Å². The van der Waals surface area contributed by atoms with Crippen LogP contribution in [0.2, 0.25) is 0 Å². The molecule has 0 aliphatic carbocycles. The molecular weight excluding hydrogens is 522 g/mol. The van der Waals surface area contributed by atoms with Crippen molar-refractivity contribution in [3.8, 4) is 11.4 Å². The Hall–Kier alpha value is -3.49. The molecule has 3 aromatic rings. The Morgan fingerprint density at radius 3 is 2.38 bits per heavy atom. The third-order valence-corrected chi connectivity index (χ3v) is 8.39. The number of thioether (sulfide) groups is 1. The summed E-state index contributed by atoms with van der Waals surface area (Å²) in [4.78, 5) is 30.0. The minimum Gasteiger partial charge on any atom is -0.491 e. The number of nitrogens with zero attached hydrogens (tertiary/aromatic N) is 3. The average Bonchev–Trinajstić information content (AvgIpc) is 3.37. The van der Waals surface area contributed by atoms with Crippen molar-refractivity contribution in [2.75, 3.05) is 44.4 Å². The van der Waals surface area contributed by atoms with Gasteiger partial charge in [0.15, 0.2) is 0 Å². The van der Waals surface area contributed by atoms with E-state index in [1.807, 2.05) is 26.0 Å². The second-order valence-electron chi connectivity index (χ2n) is 10.7. The van der Waals surface area contributed by atoms with E-state index in [4.69, 9.17) is 9.47 Å². The van der Waals surface area contributed by atoms with Crippen molar-refractivity contribution in [2.24, 2.45) is 0 Å². The maximum absolute atomic E-state index is 13.2. The summed E-state index contributed by atoms with van der Waals surface area (Å²) in [7, 11) is 0. The number of amides is 2. The number of aromatic nitrogens is 1. The van der Waals surface area contributed by atoms with E-state index >= 15 is 0 Å². The lowest BCUT2D eigenvalue weighted by atomic mass is 10.0. The zero-order chi connectivity index (χ0) is 28.4. The largest absolute Gasteiger partial charge is 0.491 e. The van der Waals surface area contributed by atoms with Crippen LogP contribution >= 0.6 is 11.8 Å². The first-order valence-electron chi connectivity index (χ1n) is 13.8. The molecule has 2 aromatic carbocycles. The van der Waals surface area contributed by atoms with E-state index in [0.717, 1.165) is 77.6 Å². The molecule has 0 atom stereocenters. The fourth-order valence-corrected chi connectivity index (χ4v) is 6.15. The smallest absolute Gasteiger partial charge is 0.293 e. The number of imide groups is 1. The van der Waals surface area contributed by atoms with Gasteiger partial charge in [0.2, 0.25) is 0 Å². The molecule has 0 N–H and O–H groups in total. The maximum atomic E-state index is 13.2. The first-order valence-corrected chi connectivity index (χ1v) is 14.7. The summed E-state index contributed by atoms with van der Waals surface area (Å²) in [5.41, 5.74) is 7.49. The quantitative estimate of drug-likeness (QED) is 0.295. The molecule has 2 amide bonds. The molecule has 3 heterocycles. The number of ether oxygens (including phenoxy) is 2. The van der Waals surface area contributed by atoms with Gasteiger partial charge in [-0.05, 0) is 97.6 Å². The van der Waals surface area contributed by atoms with Gasteiger partial charge in [-0.3, -0.25) is 14.5 Å². The fraction of sp³-hybridized carbons (Fsp3) is 0.375. The van der Waals surface area contributed by atoms with Gasteiger partial charge in [0.25, 0.3) is 11.1 Å². The van der Waals surface area contributed by atoms with Crippen LogP contribution in [0.5, 0.6) is 5.75 Å². The number of rotatable bonds is 8. The highest BCUT2D eigenvalue weighted by molar-refractivity contribution is 8.18. The van der Waals surface area contributed by atoms with Crippen LogP contribution in [0, 0.1) is 20.8 Å². The molecule has 2 fully saturated rings. The normalized spacial score (nSPS) is 17.0. The Morgan fingerprint density at radius 2 is 1.68 bits per heavy atom. The highest BCUT2D eigenvalue weighted by Crippen LogP contribution is 2.34. The summed E-state index contributed by atoms with van der Waals surface area (Å²) < 4.78 is 13.7. The Morgan fingerprint density at radius 1 is 0.975 bits per heavy atom. The van der Waals surface area contributed by atoms with Crippen molar-refractivity contribution in [2.45, 2.75) is 40.5 Å². The highest BCUT2D eigenvalue weighted by Gasteiger charge is 2.35. The van der Waals surface area contributed by atoms with Crippen molar-refractivity contribution in [1.82, 2.24) is 9.47 Å². The van der Waals surface area contributed by atoms with Gasteiger partial charge in [-0.1, -0.05) is 26.0 Å². The van der Waals surface area contributed by atoms with Gasteiger partial charge in [-0.2, -0.15) is 0 Å². The van der Waals surface area contributed by atoms with Crippen LogP contribution in [0.4, 0.5) is 10.5 Å². The van der Waals surface area contributed by atoms with Gasteiger partial charge in [0.1, 0.15) is 12.4 Å². The molecular formula is C32H37N3O4S. The Bertz CT molecular complexity index is 1440. The topological polar surface area (TPSA) is 64.0 Å². The van der Waals surface area contributed by atoms with Crippen molar-refractivity contribution in [3.05, 3.63) is 81.5 Å². The molecule has 2 aliphatic heterocycles. The number of benzene rings is 2. The van der Waals surface area contributed by atoms with E-state index in [2.05, 4.69) is 72.7 Å². The van der Waals surface area contributed by atoms with Crippen molar-refractivity contribution in [1.29, 1.82) is 0 Å². The van der Waals surface area contributed by atoms with Crippen LogP contribution in [0.3, 0.4) is 0 Å². The predicted molar refractivity (Wildman–Crippen MR) is 162 cm³/mol. The standard InChI is InChI=1S/C32H37N3O4S/c1-21(2)28-11-6-22(3)18-29(28)39-17-14-34-31(36)30(40-32(34)37)20-25-19-23(4)35(24(25)5)27-9-7-26(8-10-27)33-12-15-38-16-13-33/h6-11,18-21H,12-17H2,1-5H3/b30-20-. The van der Waals surface area contributed by atoms with Gasteiger partial charge in [-0.25, -0.2) is 0 Å². The molecule has 0 radical (unpaired) electrons. The van der Waals surface area contributed by atoms with Crippen molar-refractivity contribution < 1.29 is 19.1 Å². The molecule has 1 aromatic heterocycles. The number of morpholine rings is 1. The van der Waals surface area contributed by atoms with Gasteiger partial charge in [-0.15, -0.1) is 0 Å². The molecule has 0 saturated carbocycles. The average molecular weight is 560 g/mol. The summed E-state index contributed by atoms with van der Waals surface area (Å²) in [6.45, 7) is 14.1. The van der Waals surface area contributed by atoms with Crippen molar-refractivity contribution >= 4 is 34.7 Å². The van der Waals surface area contributed by atoms with Crippen LogP contribution in [0.25, 0.3) is 11.8 Å². The highest BCUT2D eigenvalue weighted by atomic mass is 32.2. The monoisotopic (exact) mass is 559 g/mol. The number of carbonyl (C=O) groups excluding carboxylic acids is 2. The molecule has 2 saturated heterocycles. The second-order valence-corrected chi connectivity index (χ2v) is 11.6. The number of anilines is 1. The van der Waals surface area contributed by atoms with Gasteiger partial charge in [0.05, 0.1) is 24.7 Å². The number of carbonyl (C=O) groups is 2. The maximum Gasteiger partial charge on any atom is 0.293 e. The van der Waals surface area contributed by atoms with E-state index in [9.17, 15) is 9.59 Å². The number of aryl methyl sites for hydroxylation is 2. The summed E-state index contributed by atoms with van der Waals surface area (Å²) in [5, 5.41) is -0.263. The Labute approximate surface area is 240 Å². The molecule has 40 heavy (non-hydrogen) atoms. The lowest BCUT2D eigenvalue weighted by Crippen LogP contribution is -2.36. The van der Waals surface area contributed by atoms with Crippen LogP contribution in [-0.4, -0.2) is 60.1 Å². The van der Waals surface area contributed by atoms with Crippen molar-refractivity contribution in [3.63, 3.8) is 0 Å². The zero-order valence-corrected chi connectivity index (χ0v) is 24.7. The first-order chi connectivity index (χ1) is 19.2. The van der Waals surface area contributed by atoms with E-state index in [0.29, 0.717) is 10.8 Å². The Balaban J connectivity index is 1.28. The van der Waals surface area contributed by atoms with Gasteiger partial charge in [0, 0.05) is 35.9 Å². The van der Waals surface area contributed by atoms with Crippen LogP contribution in [-0.2, 0) is 9.53 Å². The summed E-state index contributed by atoms with van der Waals surface area (Å²) >= 11 is 0.989. The second kappa shape index (κ2) is 11.9. The minimum absolute atomic E-state index is 0.210. The van der Waals surface area contributed by atoms with E-state index in [1.54, 1.807) is 0 Å². The minimum atomic E-state index is -0.272. The van der Waals surface area contributed by atoms with Crippen LogP contribution < -0.4 is 9.64 Å². The summed E-state index contributed by atoms with van der Waals surface area (Å²) in [6.07, 6.45) is 1.84. The zero-order valence-electron chi connectivity index (χ0n) is 23.9. The molecule has 8 heteroatoms. The SMILES string of the molecule is Cc1ccc(C(C)C)c(OCCN2C(=O)S/C(=C\c3cc(C)n(-c4ccc(N5CCOCC5)cc4)c3C)C2=O)c1. The molecule has 2 aliphatic rings. The lowest BCUT2D eigenvalue weighted by molar-refractivity contribution is -0.123. The number of hydrogen-bond donors (Lipinski definition) is 0. The fourth-order valence-electron chi connectivity index (χ4n) is 5.29.